The van der Waals surface area contributed by atoms with Crippen molar-refractivity contribution >= 4 is 15.1 Å². The molecule has 1 aliphatic rings. The fourth-order valence-corrected chi connectivity index (χ4v) is 3.46. The number of nitrogens with zero attached hydrogens (tertiary/aromatic N) is 4. The zero-order valence-corrected chi connectivity index (χ0v) is 12.0. The molecule has 2 heterocycles. The molecule has 2 aromatic heterocycles. The van der Waals surface area contributed by atoms with E-state index < -0.39 is 21.2 Å². The Morgan fingerprint density at radius 1 is 1.47 bits per heavy atom. The Bertz CT molecular complexity index is 677. The van der Waals surface area contributed by atoms with Crippen LogP contribution in [0.2, 0.25) is 0 Å². The molecule has 7 heteroatoms. The van der Waals surface area contributed by atoms with Crippen LogP contribution in [0, 0.1) is 0 Å². The molecule has 0 spiro atoms. The van der Waals surface area contributed by atoms with Crippen molar-refractivity contribution in [2.45, 2.75) is 12.8 Å². The molecular formula is C12H10IN4O2-. The number of hydrogen-bond acceptors (Lipinski definition) is 5. The summed E-state index contributed by atoms with van der Waals surface area (Å²) in [4.78, 5) is 22.2. The molecule has 19 heavy (non-hydrogen) atoms. The van der Waals surface area contributed by atoms with Crippen LogP contribution in [-0.2, 0) is 0 Å². The standard InChI is InChI=1S/C12H10IN4O2/c18-12(13-9-5-2-1-3-6-9)19-17-11-10(15-16-17)7-4-8-14-11/h1-2,4-5,7-8H,3,6H2/q-1. The van der Waals surface area contributed by atoms with Gasteiger partial charge in [0, 0.05) is 0 Å². The summed E-state index contributed by atoms with van der Waals surface area (Å²) >= 11 is -0.790. The van der Waals surface area contributed by atoms with E-state index in [4.69, 9.17) is 4.84 Å². The third-order valence-electron chi connectivity index (χ3n) is 2.50. The van der Waals surface area contributed by atoms with Crippen LogP contribution >= 0.6 is 0 Å². The number of carbonyl (C=O) groups excluding carboxylic acids is 1. The van der Waals surface area contributed by atoms with Crippen LogP contribution in [0.25, 0.3) is 11.2 Å². The summed E-state index contributed by atoms with van der Waals surface area (Å²) in [5.41, 5.74) is 1.06. The molecule has 0 bridgehead atoms. The molecule has 0 N–H and O–H groups in total. The molecular weight excluding hydrogens is 359 g/mol. The van der Waals surface area contributed by atoms with Gasteiger partial charge in [0.05, 0.1) is 0 Å². The van der Waals surface area contributed by atoms with Gasteiger partial charge >= 0.3 is 119 Å². The Labute approximate surface area is 119 Å². The first kappa shape index (κ1) is 12.3. The van der Waals surface area contributed by atoms with Gasteiger partial charge in [0.15, 0.2) is 0 Å². The minimum absolute atomic E-state index is 0.252. The van der Waals surface area contributed by atoms with Gasteiger partial charge in [-0.3, -0.25) is 0 Å². The van der Waals surface area contributed by atoms with Crippen molar-refractivity contribution in [2.24, 2.45) is 0 Å². The monoisotopic (exact) mass is 369 g/mol. The maximum absolute atomic E-state index is 11.9. The van der Waals surface area contributed by atoms with Crippen LogP contribution in [0.5, 0.6) is 0 Å². The predicted octanol–water partition coefficient (Wildman–Crippen LogP) is -1.30. The van der Waals surface area contributed by atoms with Crippen LogP contribution < -0.4 is 26.0 Å². The van der Waals surface area contributed by atoms with E-state index in [1.165, 1.54) is 3.58 Å². The Hall–Kier alpha value is -1.77. The van der Waals surface area contributed by atoms with Gasteiger partial charge in [-0.15, -0.1) is 0 Å². The number of hydrogen-bond donors (Lipinski definition) is 0. The van der Waals surface area contributed by atoms with Crippen LogP contribution in [0.1, 0.15) is 12.8 Å². The molecule has 6 nitrogen and oxygen atoms in total. The van der Waals surface area contributed by atoms with Crippen molar-refractivity contribution in [2.75, 3.05) is 0 Å². The summed E-state index contributed by atoms with van der Waals surface area (Å²) in [5, 5.41) is 7.65. The number of pyridine rings is 1. The van der Waals surface area contributed by atoms with Gasteiger partial charge in [0.1, 0.15) is 0 Å². The summed E-state index contributed by atoms with van der Waals surface area (Å²) in [7, 11) is 0. The van der Waals surface area contributed by atoms with E-state index in [9.17, 15) is 4.79 Å². The first-order valence-corrected chi connectivity index (χ1v) is 7.88. The van der Waals surface area contributed by atoms with Crippen LogP contribution in [-0.4, -0.2) is 24.1 Å². The molecule has 0 aromatic carbocycles. The van der Waals surface area contributed by atoms with E-state index in [2.05, 4.69) is 21.4 Å². The number of halogens is 1. The zero-order valence-electron chi connectivity index (χ0n) is 9.86. The molecule has 1 aliphatic carbocycles. The summed E-state index contributed by atoms with van der Waals surface area (Å²) in [6.45, 7) is 0. The van der Waals surface area contributed by atoms with E-state index in [1.807, 2.05) is 12.2 Å². The summed E-state index contributed by atoms with van der Waals surface area (Å²) in [5.74, 6) is 0. The number of carbonyl (C=O) groups is 1. The van der Waals surface area contributed by atoms with E-state index in [1.54, 1.807) is 18.3 Å². The molecule has 0 radical (unpaired) electrons. The van der Waals surface area contributed by atoms with E-state index in [0.29, 0.717) is 11.2 Å². The van der Waals surface area contributed by atoms with Gasteiger partial charge in [0.2, 0.25) is 0 Å². The Kier molecular flexibility index (Phi) is 3.53. The first-order valence-electron chi connectivity index (χ1n) is 5.72. The fraction of sp³-hybridized carbons (Fsp3) is 0.167. The molecule has 0 saturated carbocycles. The minimum atomic E-state index is -0.790. The van der Waals surface area contributed by atoms with Gasteiger partial charge < -0.3 is 0 Å². The van der Waals surface area contributed by atoms with E-state index >= 15 is 0 Å². The van der Waals surface area contributed by atoms with Crippen molar-refractivity contribution in [3.8, 4) is 0 Å². The number of rotatable bonds is 3. The molecule has 0 aliphatic heterocycles. The maximum atomic E-state index is 11.9. The Balaban J connectivity index is 1.72. The molecule has 2 aromatic rings. The molecule has 0 amide bonds. The van der Waals surface area contributed by atoms with Gasteiger partial charge in [0.25, 0.3) is 0 Å². The van der Waals surface area contributed by atoms with Crippen molar-refractivity contribution in [3.05, 3.63) is 40.1 Å². The van der Waals surface area contributed by atoms with Crippen LogP contribution in [0.15, 0.2) is 40.1 Å². The molecule has 0 saturated heterocycles. The van der Waals surface area contributed by atoms with Crippen molar-refractivity contribution in [3.63, 3.8) is 0 Å². The number of aromatic nitrogens is 4. The quantitative estimate of drug-likeness (QED) is 0.382. The van der Waals surface area contributed by atoms with Crippen LogP contribution in [0.4, 0.5) is 4.79 Å². The number of fused-ring (bicyclic) bond motifs is 1. The van der Waals surface area contributed by atoms with Crippen molar-refractivity contribution in [1.29, 1.82) is 0 Å². The van der Waals surface area contributed by atoms with Crippen LogP contribution in [0.3, 0.4) is 0 Å². The summed E-state index contributed by atoms with van der Waals surface area (Å²) < 4.78 is 0.918. The third kappa shape index (κ3) is 2.80. The second-order valence-corrected chi connectivity index (χ2v) is 6.62. The number of allylic oxidation sites excluding steroid dienone is 4. The summed E-state index contributed by atoms with van der Waals surface area (Å²) in [6, 6.07) is 3.53. The predicted molar refractivity (Wildman–Crippen MR) is 63.8 cm³/mol. The SMILES string of the molecule is O=C(On1nnc2cccnc21)[I-]C1=CC=CCC1. The van der Waals surface area contributed by atoms with Gasteiger partial charge in [-0.2, -0.15) is 0 Å². The topological polar surface area (TPSA) is 69.9 Å². The van der Waals surface area contributed by atoms with Gasteiger partial charge in [-0.1, -0.05) is 0 Å². The third-order valence-corrected chi connectivity index (χ3v) is 4.73. The molecule has 0 unspecified atom stereocenters. The average Bonchev–Trinajstić information content (AvgIpc) is 2.83. The van der Waals surface area contributed by atoms with Crippen molar-refractivity contribution < 1.29 is 30.8 Å². The van der Waals surface area contributed by atoms with Gasteiger partial charge in [-0.05, 0) is 0 Å². The van der Waals surface area contributed by atoms with E-state index in [0.717, 1.165) is 17.7 Å². The van der Waals surface area contributed by atoms with Gasteiger partial charge in [-0.25, -0.2) is 0 Å². The average molecular weight is 369 g/mol. The molecule has 0 fully saturated rings. The molecule has 0 atom stereocenters. The van der Waals surface area contributed by atoms with Crippen molar-refractivity contribution in [1.82, 2.24) is 20.1 Å². The Morgan fingerprint density at radius 3 is 3.26 bits per heavy atom. The normalized spacial score (nSPS) is 14.6. The molecule has 98 valence electrons. The Morgan fingerprint density at radius 2 is 2.42 bits per heavy atom. The second kappa shape index (κ2) is 5.47. The van der Waals surface area contributed by atoms with E-state index in [-0.39, 0.29) is 3.98 Å². The second-order valence-electron chi connectivity index (χ2n) is 3.81. The molecule has 3 rings (SSSR count). The summed E-state index contributed by atoms with van der Waals surface area (Å²) in [6.07, 6.45) is 9.61. The fourth-order valence-electron chi connectivity index (χ4n) is 1.64. The first-order chi connectivity index (χ1) is 9.33. The zero-order chi connectivity index (χ0) is 13.1.